The van der Waals surface area contributed by atoms with Crippen LogP contribution in [0.1, 0.15) is 15.9 Å². The Morgan fingerprint density at radius 1 is 1.00 bits per heavy atom. The van der Waals surface area contributed by atoms with Gasteiger partial charge < -0.3 is 0 Å². The first-order chi connectivity index (χ1) is 11.3. The van der Waals surface area contributed by atoms with Crippen LogP contribution in [0.25, 0.3) is 22.6 Å². The molecule has 0 saturated carbocycles. The zero-order valence-electron chi connectivity index (χ0n) is 12.1. The number of aromatic nitrogens is 4. The molecular weight excluding hydrogens is 288 g/mol. The number of fused-ring (bicyclic) bond motifs is 3. The number of hydrogen-bond acceptors (Lipinski definition) is 4. The second-order valence-corrected chi connectivity index (χ2v) is 5.14. The highest BCUT2D eigenvalue weighted by atomic mass is 16.1. The lowest BCUT2D eigenvalue weighted by Gasteiger charge is -2.02. The molecule has 2 heterocycles. The summed E-state index contributed by atoms with van der Waals surface area (Å²) in [6.07, 6.45) is 3.31. The van der Waals surface area contributed by atoms with Crippen molar-refractivity contribution in [1.82, 2.24) is 20.0 Å². The number of nitrogens with zero attached hydrogens (tertiary/aromatic N) is 4. The fraction of sp³-hybridized carbons (Fsp3) is 0. The number of para-hydroxylation sites is 1. The van der Waals surface area contributed by atoms with Gasteiger partial charge in [-0.3, -0.25) is 4.79 Å². The molecule has 0 aliphatic heterocycles. The Morgan fingerprint density at radius 3 is 2.65 bits per heavy atom. The van der Waals surface area contributed by atoms with E-state index >= 15 is 0 Å². The molecular formula is C18H12N4O. The van der Waals surface area contributed by atoms with Gasteiger partial charge in [0.25, 0.3) is 0 Å². The Balaban J connectivity index is 1.80. The lowest BCUT2D eigenvalue weighted by atomic mass is 10.1. The number of tetrazole rings is 1. The summed E-state index contributed by atoms with van der Waals surface area (Å²) in [6.45, 7) is 0. The maximum atomic E-state index is 12.2. The number of allylic oxidation sites excluding steroid dienone is 1. The molecule has 0 bridgehead atoms. The largest absolute Gasteiger partial charge is 0.289 e. The van der Waals surface area contributed by atoms with Crippen LogP contribution in [0.5, 0.6) is 0 Å². The van der Waals surface area contributed by atoms with Crippen molar-refractivity contribution in [3.63, 3.8) is 0 Å². The SMILES string of the molecule is O=C(/C=C/c1cc2ccccc2n2nnnc12)c1ccccc1. The quantitative estimate of drug-likeness (QED) is 0.431. The van der Waals surface area contributed by atoms with Gasteiger partial charge in [-0.2, -0.15) is 4.52 Å². The van der Waals surface area contributed by atoms with E-state index in [0.717, 1.165) is 16.5 Å². The minimum absolute atomic E-state index is 0.0515. The molecule has 2 aromatic carbocycles. The minimum atomic E-state index is -0.0515. The van der Waals surface area contributed by atoms with Crippen LogP contribution in [-0.4, -0.2) is 25.8 Å². The fourth-order valence-corrected chi connectivity index (χ4v) is 2.55. The third kappa shape index (κ3) is 2.38. The smallest absolute Gasteiger partial charge is 0.187 e. The third-order valence-corrected chi connectivity index (χ3v) is 3.68. The van der Waals surface area contributed by atoms with E-state index < -0.39 is 0 Å². The first-order valence-corrected chi connectivity index (χ1v) is 7.20. The van der Waals surface area contributed by atoms with Crippen molar-refractivity contribution in [2.24, 2.45) is 0 Å². The van der Waals surface area contributed by atoms with Gasteiger partial charge in [0, 0.05) is 16.5 Å². The average Bonchev–Trinajstić information content (AvgIpc) is 3.10. The van der Waals surface area contributed by atoms with Crippen molar-refractivity contribution in [1.29, 1.82) is 0 Å². The molecule has 0 fully saturated rings. The zero-order valence-corrected chi connectivity index (χ0v) is 12.1. The van der Waals surface area contributed by atoms with E-state index in [2.05, 4.69) is 15.5 Å². The molecule has 2 aromatic heterocycles. The van der Waals surface area contributed by atoms with Crippen LogP contribution in [0.4, 0.5) is 0 Å². The molecule has 5 heteroatoms. The van der Waals surface area contributed by atoms with Gasteiger partial charge in [0.05, 0.1) is 5.52 Å². The monoisotopic (exact) mass is 300 g/mol. The maximum absolute atomic E-state index is 12.2. The van der Waals surface area contributed by atoms with E-state index in [0.29, 0.717) is 11.2 Å². The van der Waals surface area contributed by atoms with E-state index in [1.165, 1.54) is 0 Å². The van der Waals surface area contributed by atoms with E-state index in [1.54, 1.807) is 28.8 Å². The number of benzene rings is 2. The summed E-state index contributed by atoms with van der Waals surface area (Å²) >= 11 is 0. The van der Waals surface area contributed by atoms with E-state index in [9.17, 15) is 4.79 Å². The van der Waals surface area contributed by atoms with Gasteiger partial charge in [0.1, 0.15) is 0 Å². The molecule has 0 N–H and O–H groups in total. The van der Waals surface area contributed by atoms with Gasteiger partial charge in [-0.15, -0.1) is 5.10 Å². The van der Waals surface area contributed by atoms with Gasteiger partial charge in [0.2, 0.25) is 0 Å². The minimum Gasteiger partial charge on any atom is -0.289 e. The summed E-state index contributed by atoms with van der Waals surface area (Å²) in [5.41, 5.74) is 3.01. The number of pyridine rings is 1. The van der Waals surface area contributed by atoms with Crippen LogP contribution >= 0.6 is 0 Å². The molecule has 4 aromatic rings. The predicted octanol–water partition coefficient (Wildman–Crippen LogP) is 3.17. The lowest BCUT2D eigenvalue weighted by Crippen LogP contribution is -1.95. The van der Waals surface area contributed by atoms with Crippen molar-refractivity contribution in [3.8, 4) is 0 Å². The number of carbonyl (C=O) groups excluding carboxylic acids is 1. The molecule has 0 unspecified atom stereocenters. The molecule has 0 radical (unpaired) electrons. The van der Waals surface area contributed by atoms with Crippen molar-refractivity contribution in [3.05, 3.63) is 77.9 Å². The molecule has 0 atom stereocenters. The van der Waals surface area contributed by atoms with Crippen LogP contribution in [-0.2, 0) is 0 Å². The van der Waals surface area contributed by atoms with Crippen LogP contribution in [0, 0.1) is 0 Å². The standard InChI is InChI=1S/C18H12N4O/c23-17(13-6-2-1-3-7-13)11-10-15-12-14-8-4-5-9-16(14)22-18(15)19-20-21-22/h1-12H/b11-10+. The molecule has 0 aliphatic rings. The number of carbonyl (C=O) groups is 1. The summed E-state index contributed by atoms with van der Waals surface area (Å²) < 4.78 is 1.68. The molecule has 0 aliphatic carbocycles. The average molecular weight is 300 g/mol. The number of hydrogen-bond donors (Lipinski definition) is 0. The molecule has 0 spiro atoms. The third-order valence-electron chi connectivity index (χ3n) is 3.68. The maximum Gasteiger partial charge on any atom is 0.187 e. The Bertz CT molecular complexity index is 1030. The van der Waals surface area contributed by atoms with Gasteiger partial charge >= 0.3 is 0 Å². The second kappa shape index (κ2) is 5.46. The topological polar surface area (TPSA) is 60.2 Å². The molecule has 0 saturated heterocycles. The van der Waals surface area contributed by atoms with E-state index in [4.69, 9.17) is 0 Å². The van der Waals surface area contributed by atoms with E-state index in [-0.39, 0.29) is 5.78 Å². The van der Waals surface area contributed by atoms with Crippen LogP contribution in [0.3, 0.4) is 0 Å². The molecule has 110 valence electrons. The van der Waals surface area contributed by atoms with Crippen LogP contribution < -0.4 is 0 Å². The highest BCUT2D eigenvalue weighted by Crippen LogP contribution is 2.20. The molecule has 0 amide bonds. The molecule has 5 nitrogen and oxygen atoms in total. The van der Waals surface area contributed by atoms with Crippen LogP contribution in [0.2, 0.25) is 0 Å². The predicted molar refractivity (Wildman–Crippen MR) is 88.1 cm³/mol. The molecule has 4 rings (SSSR count). The van der Waals surface area contributed by atoms with Gasteiger partial charge in [-0.25, -0.2) is 0 Å². The van der Waals surface area contributed by atoms with Gasteiger partial charge in [-0.1, -0.05) is 48.5 Å². The zero-order chi connectivity index (χ0) is 15.6. The Labute approximate surface area is 131 Å². The van der Waals surface area contributed by atoms with E-state index in [1.807, 2.05) is 48.5 Å². The Morgan fingerprint density at radius 2 is 1.78 bits per heavy atom. The van der Waals surface area contributed by atoms with Gasteiger partial charge in [-0.05, 0) is 34.7 Å². The number of ketones is 1. The molecule has 23 heavy (non-hydrogen) atoms. The summed E-state index contributed by atoms with van der Waals surface area (Å²) in [5, 5.41) is 12.8. The lowest BCUT2D eigenvalue weighted by molar-refractivity contribution is 0.104. The summed E-state index contributed by atoms with van der Waals surface area (Å²) in [6, 6.07) is 19.0. The van der Waals surface area contributed by atoms with Crippen molar-refractivity contribution in [2.45, 2.75) is 0 Å². The van der Waals surface area contributed by atoms with Crippen LogP contribution in [0.15, 0.2) is 66.7 Å². The summed E-state index contributed by atoms with van der Waals surface area (Å²) in [7, 11) is 0. The van der Waals surface area contributed by atoms with Crippen molar-refractivity contribution >= 4 is 28.4 Å². The normalized spacial score (nSPS) is 11.5. The summed E-state index contributed by atoms with van der Waals surface area (Å²) in [4.78, 5) is 12.2. The highest BCUT2D eigenvalue weighted by molar-refractivity contribution is 6.07. The highest BCUT2D eigenvalue weighted by Gasteiger charge is 2.08. The van der Waals surface area contributed by atoms with Crippen molar-refractivity contribution in [2.75, 3.05) is 0 Å². The second-order valence-electron chi connectivity index (χ2n) is 5.14. The van der Waals surface area contributed by atoms with Gasteiger partial charge in [0.15, 0.2) is 11.4 Å². The Hall–Kier alpha value is -3.34. The first-order valence-electron chi connectivity index (χ1n) is 7.20. The number of rotatable bonds is 3. The fourth-order valence-electron chi connectivity index (χ4n) is 2.55. The first kappa shape index (κ1) is 13.3. The summed E-state index contributed by atoms with van der Waals surface area (Å²) in [5.74, 6) is -0.0515. The Kier molecular flexibility index (Phi) is 3.16. The van der Waals surface area contributed by atoms with Crippen molar-refractivity contribution < 1.29 is 4.79 Å².